The van der Waals surface area contributed by atoms with Gasteiger partial charge in [-0.1, -0.05) is 11.2 Å². The Hall–Kier alpha value is -1.54. The molecule has 24 heavy (non-hydrogen) atoms. The maximum atomic E-state index is 5.43. The molecule has 3 aromatic heterocycles. The molecule has 1 saturated heterocycles. The summed E-state index contributed by atoms with van der Waals surface area (Å²) in [5, 5.41) is 10.3. The van der Waals surface area contributed by atoms with E-state index in [1.165, 1.54) is 11.3 Å². The van der Waals surface area contributed by atoms with Crippen LogP contribution in [0.2, 0.25) is 0 Å². The maximum Gasteiger partial charge on any atom is 0.241 e. The van der Waals surface area contributed by atoms with E-state index in [-0.39, 0.29) is 0 Å². The van der Waals surface area contributed by atoms with Crippen LogP contribution in [0.25, 0.3) is 11.4 Å². The van der Waals surface area contributed by atoms with Crippen LogP contribution in [-0.2, 0) is 13.1 Å². The van der Waals surface area contributed by atoms with Crippen molar-refractivity contribution >= 4 is 22.7 Å². The van der Waals surface area contributed by atoms with Crippen LogP contribution < -0.4 is 0 Å². The summed E-state index contributed by atoms with van der Waals surface area (Å²) in [5.74, 6) is 1.41. The molecule has 0 aliphatic carbocycles. The second kappa shape index (κ2) is 7.57. The third kappa shape index (κ3) is 3.92. The molecule has 0 aromatic carbocycles. The lowest BCUT2D eigenvalue weighted by atomic mass is 10.3. The second-order valence-electron chi connectivity index (χ2n) is 6.01. The van der Waals surface area contributed by atoms with Crippen molar-refractivity contribution in [3.63, 3.8) is 0 Å². The Bertz CT molecular complexity index is 739. The number of hydrogen-bond acceptors (Lipinski definition) is 7. The highest BCUT2D eigenvalue weighted by Gasteiger charge is 2.18. The first kappa shape index (κ1) is 16.0. The first-order chi connectivity index (χ1) is 11.9. The van der Waals surface area contributed by atoms with Gasteiger partial charge in [-0.2, -0.15) is 16.3 Å². The molecule has 1 aliphatic heterocycles. The zero-order valence-corrected chi connectivity index (χ0v) is 15.1. The fourth-order valence-corrected chi connectivity index (χ4v) is 4.36. The van der Waals surface area contributed by atoms with Gasteiger partial charge < -0.3 is 4.52 Å². The van der Waals surface area contributed by atoms with Gasteiger partial charge in [-0.15, -0.1) is 11.3 Å². The van der Waals surface area contributed by atoms with Gasteiger partial charge in [0.05, 0.1) is 6.54 Å². The molecule has 0 unspecified atom stereocenters. The highest BCUT2D eigenvalue weighted by Crippen LogP contribution is 2.19. The van der Waals surface area contributed by atoms with E-state index in [1.807, 2.05) is 28.2 Å². The molecule has 0 spiro atoms. The molecule has 0 N–H and O–H groups in total. The molecule has 1 aliphatic rings. The van der Waals surface area contributed by atoms with Crippen molar-refractivity contribution in [2.24, 2.45) is 0 Å². The Balaban J connectivity index is 1.32. The monoisotopic (exact) mass is 360 g/mol. The van der Waals surface area contributed by atoms with Crippen molar-refractivity contribution in [1.82, 2.24) is 19.9 Å². The summed E-state index contributed by atoms with van der Waals surface area (Å²) < 4.78 is 5.43. The Kier molecular flexibility index (Phi) is 5.03. The van der Waals surface area contributed by atoms with E-state index in [0.717, 1.165) is 44.8 Å². The minimum absolute atomic E-state index is 0.695. The van der Waals surface area contributed by atoms with Crippen LogP contribution in [0.3, 0.4) is 0 Å². The number of rotatable bonds is 5. The fraction of sp³-hybridized carbons (Fsp3) is 0.412. The Morgan fingerprint density at radius 1 is 1.04 bits per heavy atom. The average Bonchev–Trinajstić information content (AvgIpc) is 3.31. The minimum Gasteiger partial charge on any atom is -0.338 e. The molecule has 5 nitrogen and oxygen atoms in total. The Morgan fingerprint density at radius 3 is 2.67 bits per heavy atom. The Morgan fingerprint density at radius 2 is 1.92 bits per heavy atom. The van der Waals surface area contributed by atoms with Gasteiger partial charge in [-0.25, -0.2) is 0 Å². The zero-order chi connectivity index (χ0) is 16.2. The molecule has 0 saturated carbocycles. The number of nitrogens with zero attached hydrogens (tertiary/aromatic N) is 4. The number of hydrogen-bond donors (Lipinski definition) is 0. The molecule has 0 radical (unpaired) electrons. The summed E-state index contributed by atoms with van der Waals surface area (Å²) >= 11 is 3.49. The highest BCUT2D eigenvalue weighted by molar-refractivity contribution is 7.09. The van der Waals surface area contributed by atoms with Gasteiger partial charge in [0.15, 0.2) is 0 Å². The predicted molar refractivity (Wildman–Crippen MR) is 97.1 cm³/mol. The van der Waals surface area contributed by atoms with E-state index in [2.05, 4.69) is 37.5 Å². The summed E-state index contributed by atoms with van der Waals surface area (Å²) in [4.78, 5) is 10.9. The topological polar surface area (TPSA) is 45.4 Å². The van der Waals surface area contributed by atoms with Crippen molar-refractivity contribution in [3.8, 4) is 11.4 Å². The largest absolute Gasteiger partial charge is 0.338 e. The zero-order valence-electron chi connectivity index (χ0n) is 13.4. The van der Waals surface area contributed by atoms with Gasteiger partial charge in [-0.05, 0) is 42.4 Å². The number of aromatic nitrogens is 2. The van der Waals surface area contributed by atoms with Gasteiger partial charge in [0.1, 0.15) is 0 Å². The Labute approximate surface area is 149 Å². The second-order valence-corrected chi connectivity index (χ2v) is 7.82. The molecule has 4 rings (SSSR count). The van der Waals surface area contributed by atoms with Crippen molar-refractivity contribution in [3.05, 3.63) is 45.1 Å². The van der Waals surface area contributed by atoms with Crippen molar-refractivity contribution in [2.45, 2.75) is 19.5 Å². The van der Waals surface area contributed by atoms with Gasteiger partial charge >= 0.3 is 0 Å². The van der Waals surface area contributed by atoms with Crippen molar-refractivity contribution in [2.75, 3.05) is 26.2 Å². The summed E-state index contributed by atoms with van der Waals surface area (Å²) in [5.41, 5.74) is 1.04. The molecule has 0 amide bonds. The third-order valence-corrected chi connectivity index (χ3v) is 5.79. The van der Waals surface area contributed by atoms with E-state index in [4.69, 9.17) is 4.52 Å². The van der Waals surface area contributed by atoms with Gasteiger partial charge in [0, 0.05) is 35.5 Å². The van der Waals surface area contributed by atoms with Crippen LogP contribution >= 0.6 is 22.7 Å². The molecular weight excluding hydrogens is 340 g/mol. The SMILES string of the molecule is c1csc(CN2CCCN(Cc3nc(-c4ccsc4)no3)CC2)c1. The fourth-order valence-electron chi connectivity index (χ4n) is 2.98. The van der Waals surface area contributed by atoms with Gasteiger partial charge in [0.2, 0.25) is 11.7 Å². The van der Waals surface area contributed by atoms with Crippen LogP contribution in [0.15, 0.2) is 38.9 Å². The lowest BCUT2D eigenvalue weighted by Gasteiger charge is -2.20. The maximum absolute atomic E-state index is 5.43. The standard InChI is InChI=1S/C17H20N4OS2/c1-3-15(24-9-1)11-20-5-2-6-21(8-7-20)12-16-18-17(19-22-16)14-4-10-23-13-14/h1,3-4,9-10,13H,2,5-8,11-12H2. The van der Waals surface area contributed by atoms with Crippen molar-refractivity contribution < 1.29 is 4.52 Å². The minimum atomic E-state index is 0.695. The lowest BCUT2D eigenvalue weighted by Crippen LogP contribution is -2.30. The molecule has 0 atom stereocenters. The van der Waals surface area contributed by atoms with E-state index in [9.17, 15) is 0 Å². The summed E-state index contributed by atoms with van der Waals surface area (Å²) in [6.07, 6.45) is 1.18. The van der Waals surface area contributed by atoms with Crippen LogP contribution in [0.5, 0.6) is 0 Å². The summed E-state index contributed by atoms with van der Waals surface area (Å²) in [6.45, 7) is 6.17. The normalized spacial score (nSPS) is 17.2. The predicted octanol–water partition coefficient (Wildman–Crippen LogP) is 3.57. The smallest absolute Gasteiger partial charge is 0.241 e. The summed E-state index contributed by atoms with van der Waals surface area (Å²) in [6, 6.07) is 6.37. The summed E-state index contributed by atoms with van der Waals surface area (Å²) in [7, 11) is 0. The van der Waals surface area contributed by atoms with E-state index >= 15 is 0 Å². The number of thiophene rings is 2. The van der Waals surface area contributed by atoms with Gasteiger partial charge in [0.25, 0.3) is 0 Å². The molecule has 0 bridgehead atoms. The van der Waals surface area contributed by atoms with Crippen molar-refractivity contribution in [1.29, 1.82) is 0 Å². The molecule has 7 heteroatoms. The lowest BCUT2D eigenvalue weighted by molar-refractivity contribution is 0.222. The molecular formula is C17H20N4OS2. The van der Waals surface area contributed by atoms with Crippen LogP contribution in [-0.4, -0.2) is 46.1 Å². The van der Waals surface area contributed by atoms with E-state index in [1.54, 1.807) is 11.3 Å². The molecule has 126 valence electrons. The van der Waals surface area contributed by atoms with Crippen LogP contribution in [0.4, 0.5) is 0 Å². The average molecular weight is 361 g/mol. The third-order valence-electron chi connectivity index (χ3n) is 4.25. The molecule has 1 fully saturated rings. The quantitative estimate of drug-likeness (QED) is 0.696. The van der Waals surface area contributed by atoms with Crippen LogP contribution in [0.1, 0.15) is 17.2 Å². The van der Waals surface area contributed by atoms with E-state index < -0.39 is 0 Å². The van der Waals surface area contributed by atoms with Gasteiger partial charge in [-0.3, -0.25) is 9.80 Å². The molecule has 4 heterocycles. The first-order valence-corrected chi connectivity index (χ1v) is 10.0. The first-order valence-electron chi connectivity index (χ1n) is 8.19. The molecule has 3 aromatic rings. The van der Waals surface area contributed by atoms with Crippen LogP contribution in [0, 0.1) is 0 Å². The van der Waals surface area contributed by atoms with E-state index in [0.29, 0.717) is 11.7 Å². The highest BCUT2D eigenvalue weighted by atomic mass is 32.1.